The Morgan fingerprint density at radius 3 is 2.72 bits per heavy atom. The number of hydrazone groups is 1. The number of fused-ring (bicyclic) bond motifs is 1. The van der Waals surface area contributed by atoms with Crippen LogP contribution in [0.4, 0.5) is 0 Å². The molecule has 0 saturated carbocycles. The van der Waals surface area contributed by atoms with Gasteiger partial charge >= 0.3 is 0 Å². The van der Waals surface area contributed by atoms with E-state index < -0.39 is 0 Å². The monoisotopic (exact) mass is 464 g/mol. The number of methoxy groups -OCH3 is 1. The van der Waals surface area contributed by atoms with Gasteiger partial charge in [-0.3, -0.25) is 14.2 Å². The lowest BCUT2D eigenvalue weighted by Crippen LogP contribution is -2.24. The van der Waals surface area contributed by atoms with Crippen molar-refractivity contribution in [3.8, 4) is 11.4 Å². The van der Waals surface area contributed by atoms with Gasteiger partial charge in [0.25, 0.3) is 11.5 Å². The van der Waals surface area contributed by atoms with Crippen LogP contribution in [0.2, 0.25) is 0 Å². The number of nitrogens with zero attached hydrogens (tertiary/aromatic N) is 3. The molecule has 32 heavy (non-hydrogen) atoms. The number of carbonyl (C=O) groups excluding carboxylic acids is 1. The summed E-state index contributed by atoms with van der Waals surface area (Å²) in [6.45, 7) is 1.99. The number of thioether (sulfide) groups is 1. The van der Waals surface area contributed by atoms with Crippen molar-refractivity contribution in [1.82, 2.24) is 15.0 Å². The van der Waals surface area contributed by atoms with Crippen molar-refractivity contribution in [2.24, 2.45) is 5.10 Å². The average molecular weight is 465 g/mol. The number of benzene rings is 2. The Labute approximate surface area is 192 Å². The Balaban J connectivity index is 1.59. The molecule has 7 nitrogen and oxygen atoms in total. The van der Waals surface area contributed by atoms with Gasteiger partial charge in [-0.15, -0.1) is 11.3 Å². The molecule has 4 aromatic rings. The molecule has 0 unspecified atom stereocenters. The number of hydrogen-bond donors (Lipinski definition) is 1. The number of para-hydroxylation sites is 1. The maximum Gasteiger partial charge on any atom is 0.266 e. The molecule has 9 heteroatoms. The summed E-state index contributed by atoms with van der Waals surface area (Å²) in [7, 11) is 1.58. The number of amides is 1. The zero-order valence-corrected chi connectivity index (χ0v) is 19.1. The Bertz CT molecular complexity index is 1340. The number of hydrogen-bond acceptors (Lipinski definition) is 7. The molecule has 4 rings (SSSR count). The second-order valence-electron chi connectivity index (χ2n) is 6.80. The zero-order valence-electron chi connectivity index (χ0n) is 17.4. The summed E-state index contributed by atoms with van der Waals surface area (Å²) in [5.41, 5.74) is 4.65. The maximum absolute atomic E-state index is 13.2. The van der Waals surface area contributed by atoms with E-state index in [2.05, 4.69) is 15.5 Å². The molecular formula is C23H20N4O3S2. The van der Waals surface area contributed by atoms with Gasteiger partial charge in [0.1, 0.15) is 5.75 Å². The summed E-state index contributed by atoms with van der Waals surface area (Å²) in [4.78, 5) is 31.2. The largest absolute Gasteiger partial charge is 0.497 e. The van der Waals surface area contributed by atoms with Crippen LogP contribution < -0.4 is 15.7 Å². The van der Waals surface area contributed by atoms with Crippen LogP contribution >= 0.6 is 23.1 Å². The molecular weight excluding hydrogens is 444 g/mol. The van der Waals surface area contributed by atoms with Gasteiger partial charge in [-0.2, -0.15) is 5.10 Å². The van der Waals surface area contributed by atoms with Crippen molar-refractivity contribution >= 4 is 46.1 Å². The van der Waals surface area contributed by atoms with Crippen LogP contribution in [0.15, 0.2) is 75.0 Å². The van der Waals surface area contributed by atoms with E-state index in [4.69, 9.17) is 4.74 Å². The van der Waals surface area contributed by atoms with Crippen LogP contribution in [-0.2, 0) is 4.79 Å². The molecule has 0 spiro atoms. The van der Waals surface area contributed by atoms with Gasteiger partial charge in [0, 0.05) is 4.88 Å². The lowest BCUT2D eigenvalue weighted by Gasteiger charge is -2.13. The summed E-state index contributed by atoms with van der Waals surface area (Å²) in [5, 5.41) is 6.92. The maximum atomic E-state index is 13.2. The third kappa shape index (κ3) is 4.74. The highest BCUT2D eigenvalue weighted by molar-refractivity contribution is 7.99. The number of rotatable bonds is 7. The fraction of sp³-hybridized carbons (Fsp3) is 0.130. The van der Waals surface area contributed by atoms with Crippen LogP contribution in [-0.4, -0.2) is 34.5 Å². The van der Waals surface area contributed by atoms with Gasteiger partial charge in [-0.1, -0.05) is 23.9 Å². The number of carbonyl (C=O) groups is 1. The Kier molecular flexibility index (Phi) is 6.67. The molecule has 1 N–H and O–H groups in total. The molecule has 0 saturated heterocycles. The normalized spacial score (nSPS) is 11.2. The number of aromatic nitrogens is 2. The van der Waals surface area contributed by atoms with Gasteiger partial charge in [-0.25, -0.2) is 10.4 Å². The molecule has 0 fully saturated rings. The minimum absolute atomic E-state index is 0.0572. The summed E-state index contributed by atoms with van der Waals surface area (Å²) in [6.07, 6.45) is 1.63. The Morgan fingerprint density at radius 2 is 2.00 bits per heavy atom. The number of nitrogens with one attached hydrogen (secondary N) is 1. The molecule has 162 valence electrons. The molecule has 2 heterocycles. The van der Waals surface area contributed by atoms with Crippen molar-refractivity contribution in [3.05, 3.63) is 80.8 Å². The third-order valence-electron chi connectivity index (χ3n) is 4.68. The van der Waals surface area contributed by atoms with Crippen LogP contribution in [0.25, 0.3) is 16.6 Å². The summed E-state index contributed by atoms with van der Waals surface area (Å²) in [5.74, 6) is 0.453. The molecule has 0 radical (unpaired) electrons. The highest BCUT2D eigenvalue weighted by Gasteiger charge is 2.15. The lowest BCUT2D eigenvalue weighted by molar-refractivity contribution is -0.118. The van der Waals surface area contributed by atoms with Gasteiger partial charge in [0.15, 0.2) is 5.16 Å². The second kappa shape index (κ2) is 9.80. The highest BCUT2D eigenvalue weighted by Crippen LogP contribution is 2.22. The predicted octanol–water partition coefficient (Wildman–Crippen LogP) is 4.01. The summed E-state index contributed by atoms with van der Waals surface area (Å²) < 4.78 is 6.72. The summed E-state index contributed by atoms with van der Waals surface area (Å²) >= 11 is 2.73. The van der Waals surface area contributed by atoms with Gasteiger partial charge in [0.05, 0.1) is 35.7 Å². The smallest absolute Gasteiger partial charge is 0.266 e. The van der Waals surface area contributed by atoms with Crippen molar-refractivity contribution < 1.29 is 9.53 Å². The van der Waals surface area contributed by atoms with Crippen molar-refractivity contribution in [1.29, 1.82) is 0 Å². The van der Waals surface area contributed by atoms with E-state index in [-0.39, 0.29) is 17.2 Å². The lowest BCUT2D eigenvalue weighted by atomic mass is 10.2. The van der Waals surface area contributed by atoms with E-state index in [1.165, 1.54) is 16.3 Å². The number of aryl methyl sites for hydroxylation is 1. The molecule has 0 bridgehead atoms. The molecule has 0 aliphatic heterocycles. The fourth-order valence-corrected chi connectivity index (χ4v) is 4.60. The first-order chi connectivity index (χ1) is 15.6. The standard InChI is InChI=1S/C23H20N4O3S2/c1-15-11-12-31-20(15)13-24-26-21(28)14-32-23-25-19-6-4-3-5-18(19)22(29)27(23)16-7-9-17(30-2)10-8-16/h3-13H,14H2,1-2H3,(H,26,28)/b24-13+. The molecule has 0 atom stereocenters. The third-order valence-corrected chi connectivity index (χ3v) is 6.57. The zero-order chi connectivity index (χ0) is 22.5. The van der Waals surface area contributed by atoms with Crippen LogP contribution in [0, 0.1) is 6.92 Å². The fourth-order valence-electron chi connectivity index (χ4n) is 3.01. The first-order valence-electron chi connectivity index (χ1n) is 9.72. The van der Waals surface area contributed by atoms with E-state index in [0.29, 0.717) is 27.5 Å². The van der Waals surface area contributed by atoms with Crippen LogP contribution in [0.3, 0.4) is 0 Å². The quantitative estimate of drug-likeness (QED) is 0.193. The van der Waals surface area contributed by atoms with Crippen molar-refractivity contribution in [2.45, 2.75) is 12.1 Å². The molecule has 2 aromatic carbocycles. The molecule has 0 aliphatic rings. The Morgan fingerprint density at radius 1 is 1.22 bits per heavy atom. The van der Waals surface area contributed by atoms with Crippen LogP contribution in [0.1, 0.15) is 10.4 Å². The minimum Gasteiger partial charge on any atom is -0.497 e. The van der Waals surface area contributed by atoms with E-state index in [0.717, 1.165) is 10.4 Å². The van der Waals surface area contributed by atoms with Crippen molar-refractivity contribution in [3.63, 3.8) is 0 Å². The van der Waals surface area contributed by atoms with Crippen molar-refractivity contribution in [2.75, 3.05) is 12.9 Å². The van der Waals surface area contributed by atoms with E-state index >= 15 is 0 Å². The van der Waals surface area contributed by atoms with E-state index in [9.17, 15) is 9.59 Å². The Hall–Kier alpha value is -3.43. The number of thiophene rings is 1. The number of ether oxygens (including phenoxy) is 1. The SMILES string of the molecule is COc1ccc(-n2c(SCC(=O)N/N=C/c3sccc3C)nc3ccccc3c2=O)cc1. The topological polar surface area (TPSA) is 85.6 Å². The predicted molar refractivity (Wildman–Crippen MR) is 129 cm³/mol. The first-order valence-corrected chi connectivity index (χ1v) is 11.6. The van der Waals surface area contributed by atoms with Crippen LogP contribution in [0.5, 0.6) is 5.75 Å². The van der Waals surface area contributed by atoms with Gasteiger partial charge in [-0.05, 0) is 60.3 Å². The second-order valence-corrected chi connectivity index (χ2v) is 8.69. The minimum atomic E-state index is -0.288. The molecule has 1 amide bonds. The van der Waals surface area contributed by atoms with E-state index in [1.807, 2.05) is 24.4 Å². The highest BCUT2D eigenvalue weighted by atomic mass is 32.2. The van der Waals surface area contributed by atoms with Gasteiger partial charge in [0.2, 0.25) is 0 Å². The average Bonchev–Trinajstić information content (AvgIpc) is 3.22. The molecule has 0 aliphatic carbocycles. The van der Waals surface area contributed by atoms with E-state index in [1.54, 1.807) is 67.1 Å². The first kappa shape index (κ1) is 21.8. The summed E-state index contributed by atoms with van der Waals surface area (Å²) in [6, 6.07) is 16.3. The molecule has 2 aromatic heterocycles. The van der Waals surface area contributed by atoms with Gasteiger partial charge < -0.3 is 4.74 Å².